The smallest absolute Gasteiger partial charge is 0.165 e. The lowest BCUT2D eigenvalue weighted by atomic mass is 9.97. The third-order valence-corrected chi connectivity index (χ3v) is 4.51. The van der Waals surface area contributed by atoms with E-state index in [1.54, 1.807) is 55.6 Å². The fourth-order valence-corrected chi connectivity index (χ4v) is 2.90. The van der Waals surface area contributed by atoms with Crippen molar-refractivity contribution in [2.45, 2.75) is 12.5 Å². The average molecular weight is 384 g/mol. The molecule has 5 heteroatoms. The van der Waals surface area contributed by atoms with Gasteiger partial charge in [0.2, 0.25) is 0 Å². The van der Waals surface area contributed by atoms with Crippen LogP contribution in [0.4, 0.5) is 10.1 Å². The summed E-state index contributed by atoms with van der Waals surface area (Å²) in [6.45, 7) is 0. The minimum atomic E-state index is -0.307. The quantitative estimate of drug-likeness (QED) is 0.515. The first kappa shape index (κ1) is 18.9. The first-order valence-corrected chi connectivity index (χ1v) is 8.88. The predicted molar refractivity (Wildman–Crippen MR) is 106 cm³/mol. The highest BCUT2D eigenvalue weighted by atomic mass is 35.5. The lowest BCUT2D eigenvalue weighted by Crippen LogP contribution is -2.16. The van der Waals surface area contributed by atoms with E-state index in [1.807, 2.05) is 12.1 Å². The van der Waals surface area contributed by atoms with Gasteiger partial charge in [-0.3, -0.25) is 4.79 Å². The van der Waals surface area contributed by atoms with Gasteiger partial charge >= 0.3 is 0 Å². The van der Waals surface area contributed by atoms with Gasteiger partial charge in [-0.1, -0.05) is 23.7 Å². The Hall–Kier alpha value is -2.85. The Kier molecular flexibility index (Phi) is 6.09. The average Bonchev–Trinajstić information content (AvgIpc) is 2.70. The van der Waals surface area contributed by atoms with E-state index in [2.05, 4.69) is 5.32 Å². The van der Waals surface area contributed by atoms with Gasteiger partial charge in [-0.05, 0) is 66.2 Å². The number of benzene rings is 3. The molecule has 3 nitrogen and oxygen atoms in total. The van der Waals surface area contributed by atoms with E-state index in [1.165, 1.54) is 12.1 Å². The maximum absolute atomic E-state index is 13.2. The second-order valence-corrected chi connectivity index (χ2v) is 6.55. The molecule has 3 aromatic carbocycles. The number of ketones is 1. The van der Waals surface area contributed by atoms with E-state index in [4.69, 9.17) is 16.3 Å². The van der Waals surface area contributed by atoms with E-state index in [0.29, 0.717) is 16.3 Å². The normalized spacial score (nSPS) is 11.7. The number of nitrogens with one attached hydrogen (secondary N) is 1. The Morgan fingerprint density at radius 1 is 1.00 bits per heavy atom. The van der Waals surface area contributed by atoms with Crippen LogP contribution >= 0.6 is 11.6 Å². The van der Waals surface area contributed by atoms with Crippen molar-refractivity contribution in [1.29, 1.82) is 0 Å². The van der Waals surface area contributed by atoms with Gasteiger partial charge in [0.25, 0.3) is 0 Å². The maximum atomic E-state index is 13.2. The van der Waals surface area contributed by atoms with Gasteiger partial charge in [0, 0.05) is 22.7 Å². The lowest BCUT2D eigenvalue weighted by Gasteiger charge is -2.20. The molecular weight excluding hydrogens is 365 g/mol. The summed E-state index contributed by atoms with van der Waals surface area (Å²) >= 11 is 5.98. The third kappa shape index (κ3) is 5.08. The number of Topliss-reactive ketones (excluding diaryl/α,β-unsaturated/α-hetero) is 1. The third-order valence-electron chi connectivity index (χ3n) is 4.26. The molecule has 1 atom stereocenters. The van der Waals surface area contributed by atoms with Crippen LogP contribution in [0, 0.1) is 5.82 Å². The molecule has 0 bridgehead atoms. The van der Waals surface area contributed by atoms with Crippen LogP contribution in [-0.2, 0) is 0 Å². The number of carbonyl (C=O) groups excluding carboxylic acids is 1. The van der Waals surface area contributed by atoms with Crippen molar-refractivity contribution < 1.29 is 13.9 Å². The highest BCUT2D eigenvalue weighted by Crippen LogP contribution is 2.26. The van der Waals surface area contributed by atoms with Crippen LogP contribution < -0.4 is 10.1 Å². The maximum Gasteiger partial charge on any atom is 0.165 e. The standard InChI is InChI=1S/C22H19ClFNO2/c1-27-20-12-4-16(5-13-20)22(26)14-21(15-2-6-17(23)7-3-15)25-19-10-8-18(24)9-11-19/h2-13,21,25H,14H2,1H3. The molecule has 0 aliphatic heterocycles. The summed E-state index contributed by atoms with van der Waals surface area (Å²) in [6.07, 6.45) is 0.241. The Morgan fingerprint density at radius 2 is 1.63 bits per heavy atom. The molecule has 1 N–H and O–H groups in total. The van der Waals surface area contributed by atoms with Crippen molar-refractivity contribution in [2.75, 3.05) is 12.4 Å². The number of methoxy groups -OCH3 is 1. The van der Waals surface area contributed by atoms with Crippen LogP contribution in [0.2, 0.25) is 5.02 Å². The van der Waals surface area contributed by atoms with Crippen molar-refractivity contribution in [1.82, 2.24) is 0 Å². The van der Waals surface area contributed by atoms with Crippen LogP contribution in [0.5, 0.6) is 5.75 Å². The molecule has 0 saturated carbocycles. The van der Waals surface area contributed by atoms with E-state index in [0.717, 1.165) is 11.3 Å². The number of hydrogen-bond acceptors (Lipinski definition) is 3. The molecule has 0 amide bonds. The number of carbonyl (C=O) groups is 1. The molecule has 0 aromatic heterocycles. The molecule has 0 spiro atoms. The molecule has 0 radical (unpaired) electrons. The zero-order chi connectivity index (χ0) is 19.2. The molecule has 0 aliphatic carbocycles. The number of halogens is 2. The van der Waals surface area contributed by atoms with Gasteiger partial charge in [0.15, 0.2) is 5.78 Å². The van der Waals surface area contributed by atoms with Gasteiger partial charge in [-0.15, -0.1) is 0 Å². The van der Waals surface area contributed by atoms with Crippen molar-refractivity contribution >= 4 is 23.1 Å². The van der Waals surface area contributed by atoms with Gasteiger partial charge < -0.3 is 10.1 Å². The van der Waals surface area contributed by atoms with E-state index >= 15 is 0 Å². The number of rotatable bonds is 7. The summed E-state index contributed by atoms with van der Waals surface area (Å²) < 4.78 is 18.3. The number of ether oxygens (including phenoxy) is 1. The van der Waals surface area contributed by atoms with E-state index < -0.39 is 0 Å². The first-order chi connectivity index (χ1) is 13.0. The minimum absolute atomic E-state index is 0.00721. The molecule has 0 heterocycles. The second kappa shape index (κ2) is 8.69. The topological polar surface area (TPSA) is 38.3 Å². The largest absolute Gasteiger partial charge is 0.497 e. The fraction of sp³-hybridized carbons (Fsp3) is 0.136. The van der Waals surface area contributed by atoms with Crippen LogP contribution in [0.15, 0.2) is 72.8 Å². The predicted octanol–water partition coefficient (Wildman–Crippen LogP) is 5.91. The second-order valence-electron chi connectivity index (χ2n) is 6.11. The molecule has 0 saturated heterocycles. The van der Waals surface area contributed by atoms with Crippen molar-refractivity contribution in [3.05, 3.63) is 94.8 Å². The minimum Gasteiger partial charge on any atom is -0.497 e. The summed E-state index contributed by atoms with van der Waals surface area (Å²) in [4.78, 5) is 12.8. The fourth-order valence-electron chi connectivity index (χ4n) is 2.77. The number of hydrogen-bond donors (Lipinski definition) is 1. The van der Waals surface area contributed by atoms with E-state index in [9.17, 15) is 9.18 Å². The Morgan fingerprint density at radius 3 is 2.22 bits per heavy atom. The van der Waals surface area contributed by atoms with Crippen molar-refractivity contribution in [3.63, 3.8) is 0 Å². The summed E-state index contributed by atoms with van der Waals surface area (Å²) in [7, 11) is 1.58. The molecule has 0 aliphatic rings. The van der Waals surface area contributed by atoms with E-state index in [-0.39, 0.29) is 24.1 Å². The zero-order valence-corrected chi connectivity index (χ0v) is 15.5. The summed E-state index contributed by atoms with van der Waals surface area (Å²) in [5.41, 5.74) is 2.26. The van der Waals surface area contributed by atoms with Gasteiger partial charge in [-0.25, -0.2) is 4.39 Å². The van der Waals surface area contributed by atoms with Crippen molar-refractivity contribution in [2.24, 2.45) is 0 Å². The SMILES string of the molecule is COc1ccc(C(=O)CC(Nc2ccc(F)cc2)c2ccc(Cl)cc2)cc1. The van der Waals surface area contributed by atoms with Crippen molar-refractivity contribution in [3.8, 4) is 5.75 Å². The Balaban J connectivity index is 1.82. The summed E-state index contributed by atoms with van der Waals surface area (Å²) in [6, 6.07) is 20.1. The molecule has 1 unspecified atom stereocenters. The van der Waals surface area contributed by atoms with Crippen LogP contribution in [0.1, 0.15) is 28.4 Å². The van der Waals surface area contributed by atoms with Gasteiger partial charge in [0.05, 0.1) is 13.2 Å². The molecule has 0 fully saturated rings. The number of anilines is 1. The van der Waals surface area contributed by atoms with Crippen LogP contribution in [0.25, 0.3) is 0 Å². The molecule has 3 rings (SSSR count). The highest BCUT2D eigenvalue weighted by molar-refractivity contribution is 6.30. The Labute approximate surface area is 162 Å². The summed E-state index contributed by atoms with van der Waals surface area (Å²) in [5.74, 6) is 0.385. The van der Waals surface area contributed by atoms with Crippen LogP contribution in [0.3, 0.4) is 0 Å². The van der Waals surface area contributed by atoms with Gasteiger partial charge in [0.1, 0.15) is 11.6 Å². The molecule has 3 aromatic rings. The molecule has 27 heavy (non-hydrogen) atoms. The summed E-state index contributed by atoms with van der Waals surface area (Å²) in [5, 5.41) is 3.94. The molecule has 138 valence electrons. The lowest BCUT2D eigenvalue weighted by molar-refractivity contribution is 0.0976. The molecular formula is C22H19ClFNO2. The monoisotopic (exact) mass is 383 g/mol. The first-order valence-electron chi connectivity index (χ1n) is 8.50. The van der Waals surface area contributed by atoms with Gasteiger partial charge in [-0.2, -0.15) is 0 Å². The highest BCUT2D eigenvalue weighted by Gasteiger charge is 2.18. The Bertz CT molecular complexity index is 893. The van der Waals surface area contributed by atoms with Crippen LogP contribution in [-0.4, -0.2) is 12.9 Å². The zero-order valence-electron chi connectivity index (χ0n) is 14.8.